The molecule has 2 amide bonds. The zero-order valence-electron chi connectivity index (χ0n) is 13.8. The number of amides is 2. The number of nitrogens with zero attached hydrogens (tertiary/aromatic N) is 4. The van der Waals surface area contributed by atoms with Crippen LogP contribution in [0.4, 0.5) is 4.39 Å². The molecule has 1 fully saturated rings. The summed E-state index contributed by atoms with van der Waals surface area (Å²) >= 11 is 0. The van der Waals surface area contributed by atoms with Gasteiger partial charge in [0.25, 0.3) is 5.91 Å². The first-order valence-corrected chi connectivity index (χ1v) is 8.21. The van der Waals surface area contributed by atoms with Gasteiger partial charge in [0.1, 0.15) is 11.5 Å². The van der Waals surface area contributed by atoms with Crippen LogP contribution in [0.2, 0.25) is 0 Å². The van der Waals surface area contributed by atoms with Crippen LogP contribution in [0.3, 0.4) is 0 Å². The fraction of sp³-hybridized carbons (Fsp3) is 0.333. The molecule has 0 N–H and O–H groups in total. The van der Waals surface area contributed by atoms with Crippen LogP contribution in [-0.4, -0.2) is 57.8 Å². The predicted molar refractivity (Wildman–Crippen MR) is 89.2 cm³/mol. The van der Waals surface area contributed by atoms with Crippen molar-refractivity contribution in [3.8, 4) is 0 Å². The van der Waals surface area contributed by atoms with Crippen molar-refractivity contribution in [2.75, 3.05) is 26.2 Å². The molecule has 0 spiro atoms. The van der Waals surface area contributed by atoms with E-state index in [4.69, 9.17) is 0 Å². The van der Waals surface area contributed by atoms with Crippen molar-refractivity contribution < 1.29 is 14.0 Å². The topological polar surface area (TPSA) is 66.4 Å². The van der Waals surface area contributed by atoms with E-state index >= 15 is 0 Å². The van der Waals surface area contributed by atoms with Gasteiger partial charge in [-0.3, -0.25) is 14.6 Å². The van der Waals surface area contributed by atoms with Crippen molar-refractivity contribution >= 4 is 11.8 Å². The fourth-order valence-corrected chi connectivity index (χ4v) is 2.87. The number of halogens is 1. The second kappa shape index (κ2) is 7.83. The van der Waals surface area contributed by atoms with E-state index in [1.54, 1.807) is 21.9 Å². The van der Waals surface area contributed by atoms with Crippen molar-refractivity contribution in [2.24, 2.45) is 0 Å². The van der Waals surface area contributed by atoms with E-state index in [0.717, 1.165) is 0 Å². The van der Waals surface area contributed by atoms with Crippen LogP contribution in [0.5, 0.6) is 0 Å². The molecule has 0 unspecified atom stereocenters. The van der Waals surface area contributed by atoms with Crippen LogP contribution in [0, 0.1) is 5.82 Å². The summed E-state index contributed by atoms with van der Waals surface area (Å²) in [5, 5.41) is 0. The molecular formula is C18H19FN4O2. The molecule has 1 aromatic heterocycles. The average Bonchev–Trinajstić information content (AvgIpc) is 2.88. The Labute approximate surface area is 145 Å². The first-order chi connectivity index (χ1) is 12.1. The molecule has 2 aromatic rings. The number of benzene rings is 1. The Kier molecular flexibility index (Phi) is 5.33. The van der Waals surface area contributed by atoms with E-state index in [-0.39, 0.29) is 24.1 Å². The minimum atomic E-state index is -0.345. The molecule has 0 aliphatic carbocycles. The van der Waals surface area contributed by atoms with E-state index in [1.807, 2.05) is 0 Å². The van der Waals surface area contributed by atoms with Crippen LogP contribution in [0.25, 0.3) is 0 Å². The summed E-state index contributed by atoms with van der Waals surface area (Å²) in [6, 6.07) is 6.07. The van der Waals surface area contributed by atoms with Gasteiger partial charge in [0, 0.05) is 38.6 Å². The van der Waals surface area contributed by atoms with Gasteiger partial charge in [-0.1, -0.05) is 12.1 Å². The lowest BCUT2D eigenvalue weighted by molar-refractivity contribution is -0.130. The summed E-state index contributed by atoms with van der Waals surface area (Å²) in [4.78, 5) is 36.3. The second-order valence-electron chi connectivity index (χ2n) is 5.92. The number of carbonyl (C=O) groups is 2. The Balaban J connectivity index is 1.59. The van der Waals surface area contributed by atoms with Crippen molar-refractivity contribution in [2.45, 2.75) is 12.8 Å². The maximum Gasteiger partial charge on any atom is 0.274 e. The van der Waals surface area contributed by atoms with E-state index in [1.165, 1.54) is 30.7 Å². The smallest absolute Gasteiger partial charge is 0.274 e. The quantitative estimate of drug-likeness (QED) is 0.848. The Morgan fingerprint density at radius 1 is 1.08 bits per heavy atom. The minimum absolute atomic E-state index is 0.0561. The molecule has 1 aliphatic heterocycles. The summed E-state index contributed by atoms with van der Waals surface area (Å²) in [7, 11) is 0. The lowest BCUT2D eigenvalue weighted by atomic mass is 10.1. The molecule has 7 heteroatoms. The van der Waals surface area contributed by atoms with Gasteiger partial charge in [0.05, 0.1) is 12.6 Å². The molecule has 3 rings (SSSR count). The third kappa shape index (κ3) is 4.37. The van der Waals surface area contributed by atoms with Crippen molar-refractivity contribution in [3.05, 3.63) is 59.9 Å². The zero-order chi connectivity index (χ0) is 17.6. The van der Waals surface area contributed by atoms with E-state index in [2.05, 4.69) is 9.97 Å². The summed E-state index contributed by atoms with van der Waals surface area (Å²) in [6.45, 7) is 2.06. The van der Waals surface area contributed by atoms with Crippen molar-refractivity contribution in [1.29, 1.82) is 0 Å². The molecule has 0 atom stereocenters. The van der Waals surface area contributed by atoms with Crippen LogP contribution in [-0.2, 0) is 11.2 Å². The van der Waals surface area contributed by atoms with E-state index < -0.39 is 0 Å². The normalized spacial score (nSPS) is 14.9. The minimum Gasteiger partial charge on any atom is -0.341 e. The van der Waals surface area contributed by atoms with Crippen LogP contribution < -0.4 is 0 Å². The molecule has 0 radical (unpaired) electrons. The lowest BCUT2D eigenvalue weighted by Gasteiger charge is -2.22. The van der Waals surface area contributed by atoms with Gasteiger partial charge in [0.2, 0.25) is 5.91 Å². The predicted octanol–water partition coefficient (Wildman–Crippen LogP) is 1.53. The van der Waals surface area contributed by atoms with Crippen molar-refractivity contribution in [3.63, 3.8) is 0 Å². The van der Waals surface area contributed by atoms with E-state index in [0.29, 0.717) is 43.9 Å². The maximum absolute atomic E-state index is 13.2. The molecule has 2 heterocycles. The lowest BCUT2D eigenvalue weighted by Crippen LogP contribution is -2.38. The molecule has 0 saturated carbocycles. The molecule has 1 aromatic carbocycles. The third-order valence-electron chi connectivity index (χ3n) is 4.16. The summed E-state index contributed by atoms with van der Waals surface area (Å²) in [6.07, 6.45) is 5.31. The van der Waals surface area contributed by atoms with Crippen molar-refractivity contribution in [1.82, 2.24) is 19.8 Å². The monoisotopic (exact) mass is 342 g/mol. The molecule has 25 heavy (non-hydrogen) atoms. The number of carbonyl (C=O) groups excluding carboxylic acids is 2. The Bertz CT molecular complexity index is 754. The number of aromatic nitrogens is 2. The third-order valence-corrected chi connectivity index (χ3v) is 4.16. The molecule has 6 nitrogen and oxygen atoms in total. The molecule has 1 aliphatic rings. The van der Waals surface area contributed by atoms with E-state index in [9.17, 15) is 14.0 Å². The maximum atomic E-state index is 13.2. The van der Waals surface area contributed by atoms with Gasteiger partial charge in [-0.15, -0.1) is 0 Å². The molecule has 130 valence electrons. The van der Waals surface area contributed by atoms with Crippen LogP contribution in [0.15, 0.2) is 42.9 Å². The van der Waals surface area contributed by atoms with Gasteiger partial charge in [-0.2, -0.15) is 0 Å². The number of hydrogen-bond donors (Lipinski definition) is 0. The second-order valence-corrected chi connectivity index (χ2v) is 5.92. The first-order valence-electron chi connectivity index (χ1n) is 8.21. The summed E-state index contributed by atoms with van der Waals surface area (Å²) in [5.74, 6) is -0.575. The summed E-state index contributed by atoms with van der Waals surface area (Å²) in [5.41, 5.74) is 0.962. The zero-order valence-corrected chi connectivity index (χ0v) is 13.8. The van der Waals surface area contributed by atoms with Crippen LogP contribution >= 0.6 is 0 Å². The average molecular weight is 342 g/mol. The Morgan fingerprint density at radius 3 is 2.64 bits per heavy atom. The largest absolute Gasteiger partial charge is 0.341 e. The van der Waals surface area contributed by atoms with Gasteiger partial charge in [-0.25, -0.2) is 9.37 Å². The van der Waals surface area contributed by atoms with Gasteiger partial charge >= 0.3 is 0 Å². The highest BCUT2D eigenvalue weighted by molar-refractivity contribution is 5.92. The molecular weight excluding hydrogens is 323 g/mol. The van der Waals surface area contributed by atoms with Gasteiger partial charge in [-0.05, 0) is 24.1 Å². The summed E-state index contributed by atoms with van der Waals surface area (Å²) < 4.78 is 13.2. The van der Waals surface area contributed by atoms with Crippen LogP contribution in [0.1, 0.15) is 22.5 Å². The first kappa shape index (κ1) is 17.0. The molecule has 1 saturated heterocycles. The SMILES string of the molecule is O=C(Cc1cccc(F)c1)N1CCCN(C(=O)c2cnccn2)CC1. The Hall–Kier alpha value is -2.83. The van der Waals surface area contributed by atoms with Gasteiger partial charge < -0.3 is 9.80 Å². The highest BCUT2D eigenvalue weighted by Gasteiger charge is 2.23. The number of hydrogen-bond acceptors (Lipinski definition) is 4. The standard InChI is InChI=1S/C18H19FN4O2/c19-15-4-1-3-14(11-15)12-17(24)22-7-2-8-23(10-9-22)18(25)16-13-20-5-6-21-16/h1,3-6,11,13H,2,7-10,12H2. The Morgan fingerprint density at radius 2 is 1.88 bits per heavy atom. The van der Waals surface area contributed by atoms with Gasteiger partial charge in [0.15, 0.2) is 0 Å². The number of rotatable bonds is 3. The molecule has 0 bridgehead atoms. The highest BCUT2D eigenvalue weighted by Crippen LogP contribution is 2.10. The fourth-order valence-electron chi connectivity index (χ4n) is 2.87. The highest BCUT2D eigenvalue weighted by atomic mass is 19.1.